The van der Waals surface area contributed by atoms with Crippen LogP contribution in [0.4, 0.5) is 10.1 Å². The molecule has 98 valence electrons. The van der Waals surface area contributed by atoms with Gasteiger partial charge in [0, 0.05) is 17.3 Å². The SMILES string of the molecule is Nc1cc(F)ccc1COc1ccc2c(c1)OCO2. The number of hydrogen-bond acceptors (Lipinski definition) is 4. The average molecular weight is 261 g/mol. The van der Waals surface area contributed by atoms with E-state index in [0.29, 0.717) is 22.9 Å². The molecule has 4 nitrogen and oxygen atoms in total. The van der Waals surface area contributed by atoms with Crippen molar-refractivity contribution in [1.82, 2.24) is 0 Å². The third kappa shape index (κ3) is 2.40. The first-order chi connectivity index (χ1) is 9.22. The summed E-state index contributed by atoms with van der Waals surface area (Å²) in [5.41, 5.74) is 6.82. The molecule has 0 saturated carbocycles. The molecule has 19 heavy (non-hydrogen) atoms. The monoisotopic (exact) mass is 261 g/mol. The zero-order chi connectivity index (χ0) is 13.2. The number of benzene rings is 2. The van der Waals surface area contributed by atoms with Crippen molar-refractivity contribution in [3.05, 3.63) is 47.8 Å². The lowest BCUT2D eigenvalue weighted by Gasteiger charge is -2.09. The molecule has 3 rings (SSSR count). The average Bonchev–Trinajstić information content (AvgIpc) is 2.85. The van der Waals surface area contributed by atoms with Crippen LogP contribution in [0.5, 0.6) is 17.2 Å². The molecule has 0 radical (unpaired) electrons. The summed E-state index contributed by atoms with van der Waals surface area (Å²) in [6.45, 7) is 0.495. The van der Waals surface area contributed by atoms with E-state index in [1.54, 1.807) is 24.3 Å². The summed E-state index contributed by atoms with van der Waals surface area (Å²) in [5.74, 6) is 1.65. The highest BCUT2D eigenvalue weighted by molar-refractivity contribution is 5.48. The fourth-order valence-electron chi connectivity index (χ4n) is 1.82. The lowest BCUT2D eigenvalue weighted by Crippen LogP contribution is -2.00. The number of nitrogens with two attached hydrogens (primary N) is 1. The van der Waals surface area contributed by atoms with E-state index < -0.39 is 0 Å². The van der Waals surface area contributed by atoms with E-state index in [1.807, 2.05) is 0 Å². The van der Waals surface area contributed by atoms with Crippen molar-refractivity contribution in [2.75, 3.05) is 12.5 Å². The molecule has 0 unspecified atom stereocenters. The summed E-state index contributed by atoms with van der Waals surface area (Å²) in [6, 6.07) is 9.56. The van der Waals surface area contributed by atoms with E-state index in [9.17, 15) is 4.39 Å². The van der Waals surface area contributed by atoms with Crippen molar-refractivity contribution in [3.8, 4) is 17.2 Å². The van der Waals surface area contributed by atoms with Gasteiger partial charge in [0.2, 0.25) is 6.79 Å². The highest BCUT2D eigenvalue weighted by atomic mass is 19.1. The van der Waals surface area contributed by atoms with Gasteiger partial charge in [0.25, 0.3) is 0 Å². The Balaban J connectivity index is 1.72. The van der Waals surface area contributed by atoms with Crippen molar-refractivity contribution in [1.29, 1.82) is 0 Å². The molecule has 5 heteroatoms. The number of anilines is 1. The van der Waals surface area contributed by atoms with Crippen LogP contribution in [-0.2, 0) is 6.61 Å². The minimum absolute atomic E-state index is 0.226. The molecule has 0 aliphatic carbocycles. The van der Waals surface area contributed by atoms with Crippen LogP contribution in [0.25, 0.3) is 0 Å². The molecule has 1 aliphatic heterocycles. The van der Waals surface area contributed by atoms with E-state index in [4.69, 9.17) is 19.9 Å². The first kappa shape index (κ1) is 11.6. The molecule has 2 aromatic rings. The number of halogens is 1. The Morgan fingerprint density at radius 1 is 1.11 bits per heavy atom. The molecule has 0 spiro atoms. The smallest absolute Gasteiger partial charge is 0.231 e. The predicted octanol–water partition coefficient (Wildman–Crippen LogP) is 2.72. The van der Waals surface area contributed by atoms with Gasteiger partial charge < -0.3 is 19.9 Å². The van der Waals surface area contributed by atoms with E-state index in [2.05, 4.69) is 0 Å². The lowest BCUT2D eigenvalue weighted by atomic mass is 10.2. The lowest BCUT2D eigenvalue weighted by molar-refractivity contribution is 0.173. The highest BCUT2D eigenvalue weighted by Gasteiger charge is 2.13. The Bertz CT molecular complexity index is 616. The van der Waals surface area contributed by atoms with Gasteiger partial charge in [-0.2, -0.15) is 0 Å². The Morgan fingerprint density at radius 2 is 1.95 bits per heavy atom. The topological polar surface area (TPSA) is 53.7 Å². The Labute approximate surface area is 109 Å². The number of hydrogen-bond donors (Lipinski definition) is 1. The fourth-order valence-corrected chi connectivity index (χ4v) is 1.82. The van der Waals surface area contributed by atoms with Gasteiger partial charge in [-0.1, -0.05) is 6.07 Å². The van der Waals surface area contributed by atoms with E-state index >= 15 is 0 Å². The summed E-state index contributed by atoms with van der Waals surface area (Å²) in [7, 11) is 0. The van der Waals surface area contributed by atoms with Gasteiger partial charge >= 0.3 is 0 Å². The van der Waals surface area contributed by atoms with Crippen LogP contribution in [0.3, 0.4) is 0 Å². The van der Waals surface area contributed by atoms with Crippen LogP contribution in [0, 0.1) is 5.82 Å². The zero-order valence-corrected chi connectivity index (χ0v) is 10.1. The van der Waals surface area contributed by atoms with Crippen LogP contribution in [0.2, 0.25) is 0 Å². The Morgan fingerprint density at radius 3 is 2.79 bits per heavy atom. The Hall–Kier alpha value is -2.43. The molecule has 1 heterocycles. The van der Waals surface area contributed by atoms with Gasteiger partial charge in [-0.15, -0.1) is 0 Å². The minimum Gasteiger partial charge on any atom is -0.489 e. The van der Waals surface area contributed by atoms with E-state index in [1.165, 1.54) is 12.1 Å². The van der Waals surface area contributed by atoms with Gasteiger partial charge in [-0.25, -0.2) is 4.39 Å². The third-order valence-corrected chi connectivity index (χ3v) is 2.85. The van der Waals surface area contributed by atoms with Crippen molar-refractivity contribution >= 4 is 5.69 Å². The van der Waals surface area contributed by atoms with E-state index in [0.717, 1.165) is 5.56 Å². The van der Waals surface area contributed by atoms with Crippen molar-refractivity contribution in [2.45, 2.75) is 6.61 Å². The summed E-state index contributed by atoms with van der Waals surface area (Å²) in [4.78, 5) is 0. The molecule has 0 amide bonds. The maximum Gasteiger partial charge on any atom is 0.231 e. The van der Waals surface area contributed by atoms with Crippen molar-refractivity contribution in [2.24, 2.45) is 0 Å². The molecule has 0 fully saturated rings. The molecular weight excluding hydrogens is 249 g/mol. The summed E-state index contributed by atoms with van der Waals surface area (Å²) < 4.78 is 29.0. The van der Waals surface area contributed by atoms with Crippen LogP contribution in [-0.4, -0.2) is 6.79 Å². The fraction of sp³-hybridized carbons (Fsp3) is 0.143. The number of rotatable bonds is 3. The maximum atomic E-state index is 12.9. The summed E-state index contributed by atoms with van der Waals surface area (Å²) in [5, 5.41) is 0. The largest absolute Gasteiger partial charge is 0.489 e. The molecule has 0 aromatic heterocycles. The molecule has 0 saturated heterocycles. The number of nitrogen functional groups attached to an aromatic ring is 1. The quantitative estimate of drug-likeness (QED) is 0.863. The maximum absolute atomic E-state index is 12.9. The second-order valence-electron chi connectivity index (χ2n) is 4.15. The van der Waals surface area contributed by atoms with Gasteiger partial charge in [0.1, 0.15) is 18.2 Å². The third-order valence-electron chi connectivity index (χ3n) is 2.85. The normalized spacial score (nSPS) is 12.5. The molecule has 1 aliphatic rings. The van der Waals surface area contributed by atoms with Crippen LogP contribution >= 0.6 is 0 Å². The van der Waals surface area contributed by atoms with Crippen molar-refractivity contribution in [3.63, 3.8) is 0 Å². The Kier molecular flexibility index (Phi) is 2.87. The molecule has 0 bridgehead atoms. The standard InChI is InChI=1S/C14H12FNO3/c15-10-2-1-9(12(16)5-10)7-17-11-3-4-13-14(6-11)19-8-18-13/h1-6H,7-8,16H2. The van der Waals surface area contributed by atoms with Crippen LogP contribution < -0.4 is 19.9 Å². The van der Waals surface area contributed by atoms with Crippen molar-refractivity contribution < 1.29 is 18.6 Å². The van der Waals surface area contributed by atoms with Crippen LogP contribution in [0.1, 0.15) is 5.56 Å². The summed E-state index contributed by atoms with van der Waals surface area (Å²) >= 11 is 0. The van der Waals surface area contributed by atoms with Crippen LogP contribution in [0.15, 0.2) is 36.4 Å². The zero-order valence-electron chi connectivity index (χ0n) is 10.1. The predicted molar refractivity (Wildman–Crippen MR) is 67.7 cm³/mol. The first-order valence-corrected chi connectivity index (χ1v) is 5.79. The van der Waals surface area contributed by atoms with E-state index in [-0.39, 0.29) is 19.2 Å². The highest BCUT2D eigenvalue weighted by Crippen LogP contribution is 2.35. The second kappa shape index (κ2) is 4.68. The molecule has 0 atom stereocenters. The summed E-state index contributed by atoms with van der Waals surface area (Å²) in [6.07, 6.45) is 0. The molecular formula is C14H12FNO3. The number of ether oxygens (including phenoxy) is 3. The van der Waals surface area contributed by atoms with Gasteiger partial charge in [0.05, 0.1) is 0 Å². The minimum atomic E-state index is -0.357. The first-order valence-electron chi connectivity index (χ1n) is 5.79. The second-order valence-corrected chi connectivity index (χ2v) is 4.15. The van der Waals surface area contributed by atoms with Gasteiger partial charge in [-0.3, -0.25) is 0 Å². The van der Waals surface area contributed by atoms with Gasteiger partial charge in [-0.05, 0) is 24.3 Å². The number of fused-ring (bicyclic) bond motifs is 1. The molecule has 2 N–H and O–H groups in total. The van der Waals surface area contributed by atoms with Gasteiger partial charge in [0.15, 0.2) is 11.5 Å². The molecule has 2 aromatic carbocycles.